The molecular weight excluding hydrogens is 261 g/mol. The van der Waals surface area contributed by atoms with Gasteiger partial charge in [-0.25, -0.2) is 4.39 Å². The molecule has 0 aromatic carbocycles. The fourth-order valence-electron chi connectivity index (χ4n) is 0.749. The van der Waals surface area contributed by atoms with Crippen LogP contribution >= 0.6 is 34.8 Å². The molecule has 76 valence electrons. The molecule has 0 saturated carbocycles. The Hall–Kier alpha value is 0.260. The maximum absolute atomic E-state index is 12.8. The lowest BCUT2D eigenvalue weighted by Crippen LogP contribution is -2.48. The van der Waals surface area contributed by atoms with Crippen LogP contribution in [0.5, 0.6) is 0 Å². The van der Waals surface area contributed by atoms with E-state index in [4.69, 9.17) is 23.2 Å². The van der Waals surface area contributed by atoms with E-state index < -0.39 is 27.0 Å². The first-order valence-corrected chi connectivity index (χ1v) is 3.90. The minimum absolute atomic E-state index is 1.58. The van der Waals surface area contributed by atoms with Crippen LogP contribution in [0.15, 0.2) is 10.1 Å². The van der Waals surface area contributed by atoms with Crippen molar-refractivity contribution in [1.29, 1.82) is 0 Å². The summed E-state index contributed by atoms with van der Waals surface area (Å²) >= 11 is 14.0. The van der Waals surface area contributed by atoms with E-state index in [1.165, 1.54) is 0 Å². The number of alkyl halides is 6. The second-order valence-electron chi connectivity index (χ2n) is 2.35. The summed E-state index contributed by atoms with van der Waals surface area (Å²) in [6.07, 6.45) is 0. The molecule has 0 aliphatic heterocycles. The van der Waals surface area contributed by atoms with E-state index in [-0.39, 0.29) is 0 Å². The van der Waals surface area contributed by atoms with Crippen LogP contribution in [-0.2, 0) is 0 Å². The van der Waals surface area contributed by atoms with Gasteiger partial charge in [-0.3, -0.25) is 0 Å². The summed E-state index contributed by atoms with van der Waals surface area (Å²) in [6.45, 7) is 0. The van der Waals surface area contributed by atoms with Gasteiger partial charge >= 0.3 is 11.8 Å². The molecule has 0 aromatic rings. The van der Waals surface area contributed by atoms with E-state index in [2.05, 4.69) is 11.6 Å². The van der Waals surface area contributed by atoms with Crippen LogP contribution in [0.3, 0.4) is 0 Å². The van der Waals surface area contributed by atoms with Crippen LogP contribution < -0.4 is 0 Å². The average Bonchev–Trinajstić information content (AvgIpc) is 2.05. The van der Waals surface area contributed by atoms with Gasteiger partial charge in [-0.2, -0.15) is 17.6 Å². The predicted molar refractivity (Wildman–Crippen MR) is 38.3 cm³/mol. The van der Waals surface area contributed by atoms with Gasteiger partial charge in [0, 0.05) is 0 Å². The van der Waals surface area contributed by atoms with E-state index in [0.29, 0.717) is 0 Å². The van der Waals surface area contributed by atoms with Gasteiger partial charge in [-0.1, -0.05) is 34.8 Å². The summed E-state index contributed by atoms with van der Waals surface area (Å²) in [5.41, 5.74) is 0. The maximum atomic E-state index is 12.8. The van der Waals surface area contributed by atoms with E-state index in [1.54, 1.807) is 0 Å². The highest BCUT2D eigenvalue weighted by molar-refractivity contribution is 6.46. The molecule has 0 radical (unpaired) electrons. The Labute approximate surface area is 84.2 Å². The molecule has 1 rings (SSSR count). The standard InChI is InChI=1S/C5Cl3F5/c6-1-2(7)4(10,11)5(12,13)3(1,8)9/t3-/m0/s1. The van der Waals surface area contributed by atoms with Gasteiger partial charge in [0.2, 0.25) is 0 Å². The highest BCUT2D eigenvalue weighted by Gasteiger charge is 2.78. The molecule has 0 aromatic heterocycles. The molecule has 1 aliphatic carbocycles. The van der Waals surface area contributed by atoms with Gasteiger partial charge in [0.1, 0.15) is 5.03 Å². The van der Waals surface area contributed by atoms with Crippen molar-refractivity contribution >= 4 is 34.8 Å². The number of halogens is 8. The molecule has 0 bridgehead atoms. The third kappa shape index (κ3) is 1.10. The Bertz CT molecular complexity index is 256. The first-order valence-electron chi connectivity index (χ1n) is 2.76. The number of hydrogen-bond donors (Lipinski definition) is 0. The minimum Gasteiger partial charge on any atom is -0.213 e. The number of rotatable bonds is 0. The van der Waals surface area contributed by atoms with Crippen LogP contribution in [0.2, 0.25) is 0 Å². The third-order valence-corrected chi connectivity index (χ3v) is 3.03. The van der Waals surface area contributed by atoms with Crippen molar-refractivity contribution in [3.8, 4) is 0 Å². The topological polar surface area (TPSA) is 0 Å². The van der Waals surface area contributed by atoms with Crippen LogP contribution in [0.4, 0.5) is 22.0 Å². The van der Waals surface area contributed by atoms with Crippen LogP contribution in [0.1, 0.15) is 0 Å². The van der Waals surface area contributed by atoms with Gasteiger partial charge < -0.3 is 0 Å². The van der Waals surface area contributed by atoms with Crippen molar-refractivity contribution in [1.82, 2.24) is 0 Å². The Morgan fingerprint density at radius 1 is 0.846 bits per heavy atom. The molecule has 1 atom stereocenters. The molecule has 0 fully saturated rings. The van der Waals surface area contributed by atoms with Crippen molar-refractivity contribution in [2.75, 3.05) is 0 Å². The lowest BCUT2D eigenvalue weighted by Gasteiger charge is -2.25. The predicted octanol–water partition coefficient (Wildman–Crippen LogP) is 3.86. The molecule has 1 aliphatic rings. The van der Waals surface area contributed by atoms with Crippen molar-refractivity contribution in [3.05, 3.63) is 10.1 Å². The van der Waals surface area contributed by atoms with Gasteiger partial charge in [0.25, 0.3) is 5.13 Å². The third-order valence-electron chi connectivity index (χ3n) is 1.53. The lowest BCUT2D eigenvalue weighted by molar-refractivity contribution is -0.205. The average molecular weight is 261 g/mol. The van der Waals surface area contributed by atoms with E-state index in [0.717, 1.165) is 0 Å². The molecule has 0 nitrogen and oxygen atoms in total. The van der Waals surface area contributed by atoms with Gasteiger partial charge in [-0.05, 0) is 0 Å². The lowest BCUT2D eigenvalue weighted by atomic mass is 10.2. The molecule has 0 unspecified atom stereocenters. The zero-order chi connectivity index (χ0) is 10.7. The fourth-order valence-corrected chi connectivity index (χ4v) is 1.50. The van der Waals surface area contributed by atoms with Gasteiger partial charge in [0.05, 0.1) is 5.03 Å². The van der Waals surface area contributed by atoms with Crippen molar-refractivity contribution < 1.29 is 22.0 Å². The summed E-state index contributed by atoms with van der Waals surface area (Å²) < 4.78 is 62.9. The number of allylic oxidation sites excluding steroid dienone is 2. The maximum Gasteiger partial charge on any atom is 0.367 e. The first-order chi connectivity index (χ1) is 5.57. The SMILES string of the molecule is FC1(F)C(Cl)=C(Cl)[C@@](F)(Cl)C1(F)F. The normalized spacial score (nSPS) is 36.9. The summed E-state index contributed by atoms with van der Waals surface area (Å²) in [5, 5.41) is -7.49. The van der Waals surface area contributed by atoms with Crippen molar-refractivity contribution in [3.63, 3.8) is 0 Å². The smallest absolute Gasteiger partial charge is 0.213 e. The van der Waals surface area contributed by atoms with Crippen LogP contribution in [-0.4, -0.2) is 17.0 Å². The Morgan fingerprint density at radius 3 is 1.31 bits per heavy atom. The Morgan fingerprint density at radius 2 is 1.23 bits per heavy atom. The summed E-state index contributed by atoms with van der Waals surface area (Å²) in [4.78, 5) is 0. The molecule has 0 amide bonds. The quantitative estimate of drug-likeness (QED) is 0.459. The Kier molecular flexibility index (Phi) is 2.30. The van der Waals surface area contributed by atoms with E-state index >= 15 is 0 Å². The fraction of sp³-hybridized carbons (Fsp3) is 0.600. The zero-order valence-corrected chi connectivity index (χ0v) is 7.79. The monoisotopic (exact) mass is 260 g/mol. The molecule has 0 saturated heterocycles. The van der Waals surface area contributed by atoms with Crippen molar-refractivity contribution in [2.45, 2.75) is 17.0 Å². The molecular formula is C5Cl3F5. The molecule has 0 spiro atoms. The van der Waals surface area contributed by atoms with Crippen molar-refractivity contribution in [2.24, 2.45) is 0 Å². The Balaban J connectivity index is 3.39. The summed E-state index contributed by atoms with van der Waals surface area (Å²) in [5.74, 6) is -10.0. The summed E-state index contributed by atoms with van der Waals surface area (Å²) in [7, 11) is 0. The highest BCUT2D eigenvalue weighted by atomic mass is 35.5. The molecule has 0 N–H and O–H groups in total. The number of hydrogen-bond acceptors (Lipinski definition) is 0. The van der Waals surface area contributed by atoms with Gasteiger partial charge in [-0.15, -0.1) is 0 Å². The molecule has 13 heavy (non-hydrogen) atoms. The van der Waals surface area contributed by atoms with Crippen LogP contribution in [0, 0.1) is 0 Å². The highest BCUT2D eigenvalue weighted by Crippen LogP contribution is 2.62. The van der Waals surface area contributed by atoms with E-state index in [1.807, 2.05) is 0 Å². The second-order valence-corrected chi connectivity index (χ2v) is 3.63. The second kappa shape index (κ2) is 2.64. The van der Waals surface area contributed by atoms with Gasteiger partial charge in [0.15, 0.2) is 0 Å². The molecule has 8 heteroatoms. The van der Waals surface area contributed by atoms with Crippen LogP contribution in [0.25, 0.3) is 0 Å². The zero-order valence-electron chi connectivity index (χ0n) is 5.52. The largest absolute Gasteiger partial charge is 0.367 e. The van der Waals surface area contributed by atoms with E-state index in [9.17, 15) is 22.0 Å². The first kappa shape index (κ1) is 11.3. The summed E-state index contributed by atoms with van der Waals surface area (Å²) in [6, 6.07) is 0. The minimum atomic E-state index is -5.14. The molecule has 0 heterocycles.